The first-order valence-electron chi connectivity index (χ1n) is 12.1. The number of para-hydroxylation sites is 1. The van der Waals surface area contributed by atoms with Gasteiger partial charge in [-0.05, 0) is 68.1 Å². The number of rotatable bonds is 6. The molecule has 0 saturated carbocycles. The zero-order valence-corrected chi connectivity index (χ0v) is 20.7. The van der Waals surface area contributed by atoms with Crippen LogP contribution >= 0.6 is 0 Å². The zero-order chi connectivity index (χ0) is 25.2. The van der Waals surface area contributed by atoms with Crippen LogP contribution in [0.25, 0.3) is 5.69 Å². The molecule has 1 aliphatic heterocycles. The van der Waals surface area contributed by atoms with E-state index in [1.165, 1.54) is 6.26 Å². The molecule has 0 spiro atoms. The van der Waals surface area contributed by atoms with E-state index < -0.39 is 0 Å². The van der Waals surface area contributed by atoms with Crippen molar-refractivity contribution in [1.29, 1.82) is 0 Å². The number of fused-ring (bicyclic) bond motifs is 1. The Balaban J connectivity index is 1.30. The van der Waals surface area contributed by atoms with Gasteiger partial charge in [-0.15, -0.1) is 0 Å². The SMILES string of the molecule is Cc1ncc2c(c1CNC(=O)c1ccco1)CCN(C(=O)Cc1c(C)nn(-c3ccccc3)c1C)C2. The molecule has 36 heavy (non-hydrogen) atoms. The van der Waals surface area contributed by atoms with Gasteiger partial charge in [-0.2, -0.15) is 5.10 Å². The highest BCUT2D eigenvalue weighted by molar-refractivity contribution is 5.91. The van der Waals surface area contributed by atoms with Crippen molar-refractivity contribution in [1.82, 2.24) is 25.0 Å². The van der Waals surface area contributed by atoms with Gasteiger partial charge in [-0.3, -0.25) is 14.6 Å². The third kappa shape index (κ3) is 4.54. The Hall–Kier alpha value is -4.20. The lowest BCUT2D eigenvalue weighted by Crippen LogP contribution is -2.38. The lowest BCUT2D eigenvalue weighted by atomic mass is 9.94. The second-order valence-corrected chi connectivity index (χ2v) is 9.12. The predicted octanol–water partition coefficient (Wildman–Crippen LogP) is 3.84. The van der Waals surface area contributed by atoms with Crippen LogP contribution in [0.15, 0.2) is 59.3 Å². The number of aromatic nitrogens is 3. The quantitative estimate of drug-likeness (QED) is 0.450. The van der Waals surface area contributed by atoms with Gasteiger partial charge < -0.3 is 14.6 Å². The molecule has 8 nitrogen and oxygen atoms in total. The summed E-state index contributed by atoms with van der Waals surface area (Å²) in [4.78, 5) is 32.1. The van der Waals surface area contributed by atoms with Crippen molar-refractivity contribution in [2.45, 2.75) is 46.7 Å². The molecule has 5 rings (SSSR count). The lowest BCUT2D eigenvalue weighted by molar-refractivity contribution is -0.131. The first-order valence-corrected chi connectivity index (χ1v) is 12.1. The average molecular weight is 484 g/mol. The van der Waals surface area contributed by atoms with Crippen LogP contribution in [0.4, 0.5) is 0 Å². The van der Waals surface area contributed by atoms with Gasteiger partial charge in [0.05, 0.1) is 24.1 Å². The number of amides is 2. The van der Waals surface area contributed by atoms with Crippen molar-refractivity contribution in [3.05, 3.63) is 100 Å². The third-order valence-corrected chi connectivity index (χ3v) is 6.89. The van der Waals surface area contributed by atoms with E-state index >= 15 is 0 Å². The van der Waals surface area contributed by atoms with Gasteiger partial charge >= 0.3 is 0 Å². The maximum Gasteiger partial charge on any atom is 0.287 e. The van der Waals surface area contributed by atoms with Crippen molar-refractivity contribution < 1.29 is 14.0 Å². The standard InChI is InChI=1S/C28H29N5O3/c1-18-25(16-30-28(35)26-10-7-13-36-26)23-11-12-32(17-21(23)15-29-18)27(34)14-24-19(2)31-33(20(24)3)22-8-5-4-6-9-22/h4-10,13,15H,11-12,14,16-17H2,1-3H3,(H,30,35). The zero-order valence-electron chi connectivity index (χ0n) is 20.7. The molecular formula is C28H29N5O3. The number of pyridine rings is 1. The van der Waals surface area contributed by atoms with Crippen molar-refractivity contribution in [3.63, 3.8) is 0 Å². The van der Waals surface area contributed by atoms with E-state index in [2.05, 4.69) is 15.4 Å². The second-order valence-electron chi connectivity index (χ2n) is 9.12. The van der Waals surface area contributed by atoms with Gasteiger partial charge in [0, 0.05) is 42.8 Å². The average Bonchev–Trinajstić information content (AvgIpc) is 3.53. The summed E-state index contributed by atoms with van der Waals surface area (Å²) in [6, 6.07) is 13.3. The predicted molar refractivity (Wildman–Crippen MR) is 135 cm³/mol. The molecule has 184 valence electrons. The fourth-order valence-electron chi connectivity index (χ4n) is 4.85. The molecule has 8 heteroatoms. The summed E-state index contributed by atoms with van der Waals surface area (Å²) in [6.07, 6.45) is 4.36. The smallest absolute Gasteiger partial charge is 0.287 e. The Kier molecular flexibility index (Phi) is 6.41. The summed E-state index contributed by atoms with van der Waals surface area (Å²) >= 11 is 0. The summed E-state index contributed by atoms with van der Waals surface area (Å²) < 4.78 is 7.08. The summed E-state index contributed by atoms with van der Waals surface area (Å²) in [5.41, 5.74) is 7.88. The molecule has 2 amide bonds. The van der Waals surface area contributed by atoms with Crippen LogP contribution in [0, 0.1) is 20.8 Å². The normalized spacial score (nSPS) is 12.9. The molecular weight excluding hydrogens is 454 g/mol. The van der Waals surface area contributed by atoms with Crippen LogP contribution in [0.2, 0.25) is 0 Å². The molecule has 0 atom stereocenters. The van der Waals surface area contributed by atoms with Gasteiger partial charge in [0.2, 0.25) is 5.91 Å². The van der Waals surface area contributed by atoms with E-state index in [1.807, 2.05) is 66.9 Å². The lowest BCUT2D eigenvalue weighted by Gasteiger charge is -2.30. The van der Waals surface area contributed by atoms with Crippen molar-refractivity contribution >= 4 is 11.8 Å². The number of hydrogen-bond donors (Lipinski definition) is 1. The Labute approximate surface area is 210 Å². The molecule has 1 aromatic carbocycles. The second kappa shape index (κ2) is 9.81. The van der Waals surface area contributed by atoms with Crippen LogP contribution < -0.4 is 5.32 Å². The summed E-state index contributed by atoms with van der Waals surface area (Å²) in [7, 11) is 0. The van der Waals surface area contributed by atoms with Gasteiger partial charge in [0.1, 0.15) is 0 Å². The van der Waals surface area contributed by atoms with Gasteiger partial charge in [-0.25, -0.2) is 4.68 Å². The van der Waals surface area contributed by atoms with E-state index in [9.17, 15) is 9.59 Å². The topological polar surface area (TPSA) is 93.3 Å². The molecule has 0 saturated heterocycles. The van der Waals surface area contributed by atoms with E-state index in [0.717, 1.165) is 51.4 Å². The minimum atomic E-state index is -0.258. The Morgan fingerprint density at radius 1 is 1.03 bits per heavy atom. The number of furan rings is 1. The number of nitrogens with zero attached hydrogens (tertiary/aromatic N) is 4. The van der Waals surface area contributed by atoms with Crippen LogP contribution in [0.3, 0.4) is 0 Å². The number of carbonyl (C=O) groups is 2. The minimum Gasteiger partial charge on any atom is -0.459 e. The molecule has 4 aromatic rings. The van der Waals surface area contributed by atoms with E-state index in [1.54, 1.807) is 12.1 Å². The van der Waals surface area contributed by atoms with Crippen molar-refractivity contribution in [3.8, 4) is 5.69 Å². The molecule has 0 radical (unpaired) electrons. The van der Waals surface area contributed by atoms with E-state index in [4.69, 9.17) is 4.42 Å². The number of aryl methyl sites for hydroxylation is 2. The first-order chi connectivity index (χ1) is 17.4. The fraction of sp³-hybridized carbons (Fsp3) is 0.286. The molecule has 0 fully saturated rings. The Morgan fingerprint density at radius 3 is 2.58 bits per heavy atom. The maximum atomic E-state index is 13.3. The third-order valence-electron chi connectivity index (χ3n) is 6.89. The van der Waals surface area contributed by atoms with E-state index in [-0.39, 0.29) is 17.6 Å². The number of benzene rings is 1. The highest BCUT2D eigenvalue weighted by Gasteiger charge is 2.26. The Bertz CT molecular complexity index is 1410. The molecule has 0 aliphatic carbocycles. The highest BCUT2D eigenvalue weighted by Crippen LogP contribution is 2.26. The Morgan fingerprint density at radius 2 is 1.83 bits per heavy atom. The molecule has 0 bridgehead atoms. The molecule has 3 aromatic heterocycles. The fourth-order valence-corrected chi connectivity index (χ4v) is 4.85. The minimum absolute atomic E-state index is 0.0766. The van der Waals surface area contributed by atoms with Crippen LogP contribution in [0.1, 0.15) is 49.9 Å². The van der Waals surface area contributed by atoms with Crippen LogP contribution in [0.5, 0.6) is 0 Å². The largest absolute Gasteiger partial charge is 0.459 e. The summed E-state index contributed by atoms with van der Waals surface area (Å²) in [5, 5.41) is 7.61. The van der Waals surface area contributed by atoms with Crippen LogP contribution in [-0.2, 0) is 30.7 Å². The molecule has 1 N–H and O–H groups in total. The first kappa shape index (κ1) is 23.5. The summed E-state index contributed by atoms with van der Waals surface area (Å²) in [5.74, 6) is 0.0995. The van der Waals surface area contributed by atoms with Gasteiger partial charge in [-0.1, -0.05) is 18.2 Å². The molecule has 0 unspecified atom stereocenters. The molecule has 1 aliphatic rings. The monoisotopic (exact) mass is 483 g/mol. The van der Waals surface area contributed by atoms with Crippen LogP contribution in [-0.4, -0.2) is 38.0 Å². The van der Waals surface area contributed by atoms with Crippen molar-refractivity contribution in [2.75, 3.05) is 6.54 Å². The number of carbonyl (C=O) groups excluding carboxylic acids is 2. The molecule has 4 heterocycles. The van der Waals surface area contributed by atoms with Gasteiger partial charge in [0.25, 0.3) is 5.91 Å². The van der Waals surface area contributed by atoms with Gasteiger partial charge in [0.15, 0.2) is 5.76 Å². The number of nitrogens with one attached hydrogen (secondary N) is 1. The van der Waals surface area contributed by atoms with E-state index in [0.29, 0.717) is 26.1 Å². The van der Waals surface area contributed by atoms with Crippen molar-refractivity contribution in [2.24, 2.45) is 0 Å². The highest BCUT2D eigenvalue weighted by atomic mass is 16.3. The summed E-state index contributed by atoms with van der Waals surface area (Å²) in [6.45, 7) is 7.41. The number of hydrogen-bond acceptors (Lipinski definition) is 5. The maximum absolute atomic E-state index is 13.3.